The lowest BCUT2D eigenvalue weighted by atomic mass is 9.85. The fourth-order valence-electron chi connectivity index (χ4n) is 1.65. The summed E-state index contributed by atoms with van der Waals surface area (Å²) < 4.78 is 5.68. The van der Waals surface area contributed by atoms with Gasteiger partial charge < -0.3 is 10.5 Å². The SMILES string of the molecule is NCCC1CN=C(C2CCC2)O1. The molecule has 1 unspecified atom stereocenters. The molecule has 0 radical (unpaired) electrons. The minimum absolute atomic E-state index is 0.283. The van der Waals surface area contributed by atoms with Gasteiger partial charge in [0.1, 0.15) is 6.10 Å². The molecule has 0 saturated heterocycles. The largest absolute Gasteiger partial charge is 0.475 e. The van der Waals surface area contributed by atoms with Crippen LogP contribution in [0.15, 0.2) is 4.99 Å². The van der Waals surface area contributed by atoms with E-state index in [1.54, 1.807) is 0 Å². The second-order valence-corrected chi connectivity index (χ2v) is 3.62. The first-order valence-electron chi connectivity index (χ1n) is 4.81. The maximum absolute atomic E-state index is 5.68. The minimum Gasteiger partial charge on any atom is -0.475 e. The lowest BCUT2D eigenvalue weighted by Gasteiger charge is -2.25. The summed E-state index contributed by atoms with van der Waals surface area (Å²) in [5, 5.41) is 0. The van der Waals surface area contributed by atoms with Crippen molar-refractivity contribution < 1.29 is 4.74 Å². The van der Waals surface area contributed by atoms with Crippen LogP contribution in [0.4, 0.5) is 0 Å². The third-order valence-corrected chi connectivity index (χ3v) is 2.68. The van der Waals surface area contributed by atoms with Gasteiger partial charge in [0, 0.05) is 5.92 Å². The van der Waals surface area contributed by atoms with Gasteiger partial charge in [0.2, 0.25) is 0 Å². The molecule has 12 heavy (non-hydrogen) atoms. The van der Waals surface area contributed by atoms with Crippen molar-refractivity contribution in [3.8, 4) is 0 Å². The number of nitrogens with two attached hydrogens (primary N) is 1. The van der Waals surface area contributed by atoms with Crippen LogP contribution in [0.2, 0.25) is 0 Å². The van der Waals surface area contributed by atoms with Gasteiger partial charge in [-0.25, -0.2) is 0 Å². The lowest BCUT2D eigenvalue weighted by molar-refractivity contribution is 0.189. The molecule has 1 aliphatic carbocycles. The van der Waals surface area contributed by atoms with Crippen molar-refractivity contribution in [2.24, 2.45) is 16.6 Å². The molecule has 2 N–H and O–H groups in total. The van der Waals surface area contributed by atoms with Gasteiger partial charge in [-0.05, 0) is 25.8 Å². The normalized spacial score (nSPS) is 29.4. The summed E-state index contributed by atoms with van der Waals surface area (Å²) in [7, 11) is 0. The number of aliphatic imine (C=N–C) groups is 1. The van der Waals surface area contributed by atoms with Gasteiger partial charge in [-0.3, -0.25) is 4.99 Å². The van der Waals surface area contributed by atoms with Crippen LogP contribution in [-0.2, 0) is 4.74 Å². The Hall–Kier alpha value is -0.570. The molecule has 0 spiro atoms. The molecule has 2 aliphatic rings. The van der Waals surface area contributed by atoms with E-state index < -0.39 is 0 Å². The Morgan fingerprint density at radius 1 is 1.50 bits per heavy atom. The zero-order valence-electron chi connectivity index (χ0n) is 7.33. The van der Waals surface area contributed by atoms with Crippen molar-refractivity contribution >= 4 is 5.90 Å². The molecule has 0 aromatic carbocycles. The van der Waals surface area contributed by atoms with Crippen LogP contribution >= 0.6 is 0 Å². The van der Waals surface area contributed by atoms with E-state index in [0.29, 0.717) is 12.5 Å². The summed E-state index contributed by atoms with van der Waals surface area (Å²) in [6, 6.07) is 0. The third kappa shape index (κ3) is 1.46. The van der Waals surface area contributed by atoms with E-state index in [1.807, 2.05) is 0 Å². The van der Waals surface area contributed by atoms with Crippen LogP contribution in [0, 0.1) is 5.92 Å². The average molecular weight is 168 g/mol. The highest BCUT2D eigenvalue weighted by molar-refractivity contribution is 5.80. The molecular formula is C9H16N2O. The lowest BCUT2D eigenvalue weighted by Crippen LogP contribution is -2.25. The highest BCUT2D eigenvalue weighted by atomic mass is 16.5. The van der Waals surface area contributed by atoms with Crippen molar-refractivity contribution in [1.29, 1.82) is 0 Å². The van der Waals surface area contributed by atoms with Crippen LogP contribution in [0.25, 0.3) is 0 Å². The molecule has 0 aromatic heterocycles. The maximum Gasteiger partial charge on any atom is 0.186 e. The van der Waals surface area contributed by atoms with Crippen molar-refractivity contribution in [2.75, 3.05) is 13.1 Å². The van der Waals surface area contributed by atoms with Gasteiger partial charge in [-0.1, -0.05) is 6.42 Å². The van der Waals surface area contributed by atoms with Gasteiger partial charge in [-0.15, -0.1) is 0 Å². The fourth-order valence-corrected chi connectivity index (χ4v) is 1.65. The standard InChI is InChI=1S/C9H16N2O/c10-5-4-8-6-11-9(12-8)7-2-1-3-7/h7-8H,1-6,10H2. The van der Waals surface area contributed by atoms with E-state index in [4.69, 9.17) is 10.5 Å². The van der Waals surface area contributed by atoms with E-state index in [0.717, 1.165) is 18.9 Å². The molecule has 0 bridgehead atoms. The smallest absolute Gasteiger partial charge is 0.186 e. The van der Waals surface area contributed by atoms with Gasteiger partial charge in [0.15, 0.2) is 5.90 Å². The molecule has 3 nitrogen and oxygen atoms in total. The zero-order valence-corrected chi connectivity index (χ0v) is 7.33. The Kier molecular flexibility index (Phi) is 2.30. The average Bonchev–Trinajstić information content (AvgIpc) is 2.34. The maximum atomic E-state index is 5.68. The van der Waals surface area contributed by atoms with Crippen LogP contribution in [0.1, 0.15) is 25.7 Å². The van der Waals surface area contributed by atoms with Gasteiger partial charge in [0.05, 0.1) is 6.54 Å². The molecular weight excluding hydrogens is 152 g/mol. The zero-order chi connectivity index (χ0) is 8.39. The van der Waals surface area contributed by atoms with Crippen molar-refractivity contribution in [2.45, 2.75) is 31.8 Å². The van der Waals surface area contributed by atoms with Crippen molar-refractivity contribution in [1.82, 2.24) is 0 Å². The number of ether oxygens (including phenoxy) is 1. The topological polar surface area (TPSA) is 47.6 Å². The molecule has 1 atom stereocenters. The molecule has 1 saturated carbocycles. The first-order valence-corrected chi connectivity index (χ1v) is 4.81. The van der Waals surface area contributed by atoms with Gasteiger partial charge >= 0.3 is 0 Å². The second-order valence-electron chi connectivity index (χ2n) is 3.62. The Morgan fingerprint density at radius 2 is 2.33 bits per heavy atom. The summed E-state index contributed by atoms with van der Waals surface area (Å²) in [4.78, 5) is 4.40. The van der Waals surface area contributed by atoms with E-state index in [2.05, 4.69) is 4.99 Å². The van der Waals surface area contributed by atoms with E-state index in [-0.39, 0.29) is 6.10 Å². The predicted octanol–water partition coefficient (Wildman–Crippen LogP) is 0.933. The first-order chi connectivity index (χ1) is 5.90. The number of nitrogens with zero attached hydrogens (tertiary/aromatic N) is 1. The molecule has 0 amide bonds. The molecule has 1 fully saturated rings. The number of rotatable bonds is 3. The summed E-state index contributed by atoms with van der Waals surface area (Å²) in [5.41, 5.74) is 5.45. The molecule has 3 heteroatoms. The summed E-state index contributed by atoms with van der Waals surface area (Å²) in [6.45, 7) is 1.54. The highest BCUT2D eigenvalue weighted by Gasteiger charge is 2.29. The third-order valence-electron chi connectivity index (χ3n) is 2.68. The molecule has 1 heterocycles. The predicted molar refractivity (Wildman–Crippen MR) is 48.2 cm³/mol. The molecule has 68 valence electrons. The van der Waals surface area contributed by atoms with Crippen LogP contribution in [0.3, 0.4) is 0 Å². The summed E-state index contributed by atoms with van der Waals surface area (Å²) in [6.07, 6.45) is 5.11. The Morgan fingerprint density at radius 3 is 2.92 bits per heavy atom. The van der Waals surface area contributed by atoms with E-state index >= 15 is 0 Å². The molecule has 1 aliphatic heterocycles. The van der Waals surface area contributed by atoms with Gasteiger partial charge in [-0.2, -0.15) is 0 Å². The summed E-state index contributed by atoms with van der Waals surface area (Å²) >= 11 is 0. The number of hydrogen-bond acceptors (Lipinski definition) is 3. The first kappa shape index (κ1) is 8.05. The second kappa shape index (κ2) is 3.44. The Balaban J connectivity index is 1.79. The van der Waals surface area contributed by atoms with E-state index in [9.17, 15) is 0 Å². The molecule has 0 aromatic rings. The Bertz CT molecular complexity index is 187. The van der Waals surface area contributed by atoms with Gasteiger partial charge in [0.25, 0.3) is 0 Å². The molecule has 2 rings (SSSR count). The number of hydrogen-bond donors (Lipinski definition) is 1. The highest BCUT2D eigenvalue weighted by Crippen LogP contribution is 2.30. The van der Waals surface area contributed by atoms with Crippen LogP contribution in [0.5, 0.6) is 0 Å². The van der Waals surface area contributed by atoms with Crippen molar-refractivity contribution in [3.05, 3.63) is 0 Å². The Labute approximate surface area is 73.0 Å². The van der Waals surface area contributed by atoms with Crippen LogP contribution in [-0.4, -0.2) is 25.1 Å². The minimum atomic E-state index is 0.283. The van der Waals surface area contributed by atoms with E-state index in [1.165, 1.54) is 19.3 Å². The fraction of sp³-hybridized carbons (Fsp3) is 0.889. The van der Waals surface area contributed by atoms with Crippen molar-refractivity contribution in [3.63, 3.8) is 0 Å². The monoisotopic (exact) mass is 168 g/mol. The van der Waals surface area contributed by atoms with Crippen LogP contribution < -0.4 is 5.73 Å². The summed E-state index contributed by atoms with van der Waals surface area (Å²) in [5.74, 6) is 1.66. The quantitative estimate of drug-likeness (QED) is 0.681.